The van der Waals surface area contributed by atoms with Crippen LogP contribution in [0.25, 0.3) is 0 Å². The molecule has 76 valence electrons. The van der Waals surface area contributed by atoms with Crippen molar-refractivity contribution in [2.75, 3.05) is 0 Å². The highest BCUT2D eigenvalue weighted by molar-refractivity contribution is 5.09. The average Bonchev–Trinajstić information content (AvgIpc) is 1.95. The molecule has 1 rings (SSSR count). The van der Waals surface area contributed by atoms with Gasteiger partial charge in [-0.1, -0.05) is 25.5 Å². The lowest BCUT2D eigenvalue weighted by Gasteiger charge is -2.38. The van der Waals surface area contributed by atoms with Crippen LogP contribution in [0.1, 0.15) is 53.4 Å². The average molecular weight is 182 g/mol. The molecule has 0 amide bonds. The Morgan fingerprint density at radius 2 is 1.54 bits per heavy atom. The van der Waals surface area contributed by atoms with Gasteiger partial charge in [-0.05, 0) is 44.9 Å². The SMILES string of the molecule is CC(C)=CC1(O)CCC(C)(C)CC1. The van der Waals surface area contributed by atoms with Gasteiger partial charge in [0.25, 0.3) is 0 Å². The Kier molecular flexibility index (Phi) is 2.86. The van der Waals surface area contributed by atoms with Crippen molar-refractivity contribution in [2.24, 2.45) is 5.41 Å². The van der Waals surface area contributed by atoms with Crippen LogP contribution < -0.4 is 0 Å². The quantitative estimate of drug-likeness (QED) is 0.617. The van der Waals surface area contributed by atoms with Gasteiger partial charge in [0, 0.05) is 0 Å². The van der Waals surface area contributed by atoms with Gasteiger partial charge < -0.3 is 5.11 Å². The fourth-order valence-corrected chi connectivity index (χ4v) is 2.04. The fourth-order valence-electron chi connectivity index (χ4n) is 2.04. The number of hydrogen-bond acceptors (Lipinski definition) is 1. The van der Waals surface area contributed by atoms with Crippen LogP contribution in [0.4, 0.5) is 0 Å². The van der Waals surface area contributed by atoms with Crippen molar-refractivity contribution >= 4 is 0 Å². The zero-order chi connectivity index (χ0) is 10.1. The fraction of sp³-hybridized carbons (Fsp3) is 0.833. The van der Waals surface area contributed by atoms with Crippen LogP contribution in [0, 0.1) is 5.41 Å². The van der Waals surface area contributed by atoms with Crippen molar-refractivity contribution in [1.29, 1.82) is 0 Å². The molecule has 1 heteroatoms. The smallest absolute Gasteiger partial charge is 0.0830 e. The van der Waals surface area contributed by atoms with Gasteiger partial charge in [-0.25, -0.2) is 0 Å². The van der Waals surface area contributed by atoms with Gasteiger partial charge in [-0.15, -0.1) is 0 Å². The van der Waals surface area contributed by atoms with Gasteiger partial charge in [0.1, 0.15) is 0 Å². The van der Waals surface area contributed by atoms with E-state index in [4.69, 9.17) is 0 Å². The topological polar surface area (TPSA) is 20.2 Å². The Morgan fingerprint density at radius 3 is 1.92 bits per heavy atom. The normalized spacial score (nSPS) is 25.3. The summed E-state index contributed by atoms with van der Waals surface area (Å²) in [7, 11) is 0. The zero-order valence-electron chi connectivity index (χ0n) is 9.35. The molecule has 0 bridgehead atoms. The van der Waals surface area contributed by atoms with Crippen LogP contribution in [0.3, 0.4) is 0 Å². The summed E-state index contributed by atoms with van der Waals surface area (Å²) < 4.78 is 0. The van der Waals surface area contributed by atoms with Gasteiger partial charge >= 0.3 is 0 Å². The van der Waals surface area contributed by atoms with E-state index >= 15 is 0 Å². The highest BCUT2D eigenvalue weighted by atomic mass is 16.3. The molecule has 1 nitrogen and oxygen atoms in total. The molecule has 1 saturated carbocycles. The molecule has 0 spiro atoms. The maximum atomic E-state index is 10.2. The predicted molar refractivity (Wildman–Crippen MR) is 56.6 cm³/mol. The van der Waals surface area contributed by atoms with Crippen LogP contribution in [0.2, 0.25) is 0 Å². The summed E-state index contributed by atoms with van der Waals surface area (Å²) in [4.78, 5) is 0. The highest BCUT2D eigenvalue weighted by Crippen LogP contribution is 2.40. The van der Waals surface area contributed by atoms with Crippen LogP contribution in [-0.4, -0.2) is 10.7 Å². The van der Waals surface area contributed by atoms with E-state index in [0.29, 0.717) is 5.41 Å². The molecule has 0 aliphatic heterocycles. The Labute approximate surface area is 81.9 Å². The second-order valence-electron chi connectivity index (χ2n) is 5.49. The molecule has 0 unspecified atom stereocenters. The monoisotopic (exact) mass is 182 g/mol. The molecule has 1 N–H and O–H groups in total. The van der Waals surface area contributed by atoms with Crippen molar-refractivity contribution in [3.8, 4) is 0 Å². The lowest BCUT2D eigenvalue weighted by atomic mass is 9.70. The van der Waals surface area contributed by atoms with E-state index in [-0.39, 0.29) is 0 Å². The number of rotatable bonds is 1. The lowest BCUT2D eigenvalue weighted by molar-refractivity contribution is 0.0143. The summed E-state index contributed by atoms with van der Waals surface area (Å²) in [5.74, 6) is 0. The minimum atomic E-state index is -0.506. The van der Waals surface area contributed by atoms with Crippen molar-refractivity contribution in [3.63, 3.8) is 0 Å². The molecule has 0 saturated heterocycles. The first-order chi connectivity index (χ1) is 5.83. The number of aliphatic hydroxyl groups is 1. The van der Waals surface area contributed by atoms with Gasteiger partial charge in [0.05, 0.1) is 5.60 Å². The van der Waals surface area contributed by atoms with Crippen molar-refractivity contribution in [3.05, 3.63) is 11.6 Å². The van der Waals surface area contributed by atoms with Crippen molar-refractivity contribution < 1.29 is 5.11 Å². The van der Waals surface area contributed by atoms with E-state index in [1.165, 1.54) is 5.57 Å². The van der Waals surface area contributed by atoms with Gasteiger partial charge in [-0.2, -0.15) is 0 Å². The molecule has 0 radical (unpaired) electrons. The first kappa shape index (κ1) is 10.8. The third-order valence-electron chi connectivity index (χ3n) is 3.03. The Bertz CT molecular complexity index is 199. The van der Waals surface area contributed by atoms with Gasteiger partial charge in [-0.3, -0.25) is 0 Å². The van der Waals surface area contributed by atoms with Crippen LogP contribution in [0.15, 0.2) is 11.6 Å². The molecule has 0 aromatic rings. The third-order valence-corrected chi connectivity index (χ3v) is 3.03. The lowest BCUT2D eigenvalue weighted by Crippen LogP contribution is -2.35. The maximum Gasteiger partial charge on any atom is 0.0830 e. The van der Waals surface area contributed by atoms with E-state index < -0.39 is 5.60 Å². The van der Waals surface area contributed by atoms with Gasteiger partial charge in [0.15, 0.2) is 0 Å². The van der Waals surface area contributed by atoms with E-state index in [1.807, 2.05) is 6.08 Å². The predicted octanol–water partition coefficient (Wildman–Crippen LogP) is 3.28. The summed E-state index contributed by atoms with van der Waals surface area (Å²) in [6.07, 6.45) is 6.14. The molecule has 0 atom stereocenters. The minimum Gasteiger partial charge on any atom is -0.386 e. The molecule has 1 fully saturated rings. The summed E-state index contributed by atoms with van der Waals surface area (Å²) >= 11 is 0. The summed E-state index contributed by atoms with van der Waals surface area (Å²) in [5, 5.41) is 10.2. The maximum absolute atomic E-state index is 10.2. The summed E-state index contributed by atoms with van der Waals surface area (Å²) in [6, 6.07) is 0. The molecule has 0 aromatic carbocycles. The summed E-state index contributed by atoms with van der Waals surface area (Å²) in [5.41, 5.74) is 1.15. The molecule has 1 aliphatic carbocycles. The van der Waals surface area contributed by atoms with Crippen LogP contribution in [-0.2, 0) is 0 Å². The van der Waals surface area contributed by atoms with Crippen molar-refractivity contribution in [2.45, 2.75) is 59.0 Å². The summed E-state index contributed by atoms with van der Waals surface area (Å²) in [6.45, 7) is 8.68. The third kappa shape index (κ3) is 3.15. The Hall–Kier alpha value is -0.300. The number of hydrogen-bond donors (Lipinski definition) is 1. The molecule has 0 heterocycles. The van der Waals surface area contributed by atoms with E-state index in [9.17, 15) is 5.11 Å². The highest BCUT2D eigenvalue weighted by Gasteiger charge is 2.34. The number of allylic oxidation sites excluding steroid dienone is 1. The zero-order valence-corrected chi connectivity index (χ0v) is 9.35. The molecule has 0 aromatic heterocycles. The van der Waals surface area contributed by atoms with E-state index in [2.05, 4.69) is 27.7 Å². The molecule has 1 aliphatic rings. The second kappa shape index (κ2) is 3.45. The van der Waals surface area contributed by atoms with E-state index in [1.54, 1.807) is 0 Å². The van der Waals surface area contributed by atoms with E-state index in [0.717, 1.165) is 25.7 Å². The van der Waals surface area contributed by atoms with Crippen LogP contribution >= 0.6 is 0 Å². The largest absolute Gasteiger partial charge is 0.386 e. The second-order valence-corrected chi connectivity index (χ2v) is 5.49. The Morgan fingerprint density at radius 1 is 1.08 bits per heavy atom. The molecular weight excluding hydrogens is 160 g/mol. The van der Waals surface area contributed by atoms with Gasteiger partial charge in [0.2, 0.25) is 0 Å². The Balaban J connectivity index is 2.62. The standard InChI is InChI=1S/C12H22O/c1-10(2)9-12(13)7-5-11(3,4)6-8-12/h9,13H,5-8H2,1-4H3. The van der Waals surface area contributed by atoms with Crippen LogP contribution in [0.5, 0.6) is 0 Å². The minimum absolute atomic E-state index is 0.432. The molecule has 13 heavy (non-hydrogen) atoms. The van der Waals surface area contributed by atoms with Crippen molar-refractivity contribution in [1.82, 2.24) is 0 Å². The molecular formula is C12H22O. The first-order valence-corrected chi connectivity index (χ1v) is 5.22. The first-order valence-electron chi connectivity index (χ1n) is 5.22.